The predicted octanol–water partition coefficient (Wildman–Crippen LogP) is 3.78. The molecule has 0 unspecified atom stereocenters. The van der Waals surface area contributed by atoms with Gasteiger partial charge in [0.15, 0.2) is 6.61 Å². The van der Waals surface area contributed by atoms with Gasteiger partial charge in [-0.2, -0.15) is 11.8 Å². The number of hydrogen-bond donors (Lipinski definition) is 1. The molecule has 2 rings (SSSR count). The van der Waals surface area contributed by atoms with E-state index >= 15 is 0 Å². The molecule has 0 aliphatic rings. The number of thioether (sulfide) groups is 1. The van der Waals surface area contributed by atoms with Crippen LogP contribution in [0.3, 0.4) is 0 Å². The van der Waals surface area contributed by atoms with E-state index in [2.05, 4.69) is 5.32 Å². The second-order valence-electron chi connectivity index (χ2n) is 4.96. The monoisotopic (exact) mass is 365 g/mol. The van der Waals surface area contributed by atoms with Crippen LogP contribution < -0.4 is 14.8 Å². The molecule has 128 valence electrons. The highest BCUT2D eigenvalue weighted by Crippen LogP contribution is 2.20. The molecule has 0 saturated carbocycles. The third kappa shape index (κ3) is 6.34. The highest BCUT2D eigenvalue weighted by Gasteiger charge is 2.03. The topological polar surface area (TPSA) is 47.6 Å². The number of rotatable bonds is 9. The van der Waals surface area contributed by atoms with Crippen LogP contribution in [0, 0.1) is 0 Å². The van der Waals surface area contributed by atoms with Gasteiger partial charge in [-0.15, -0.1) is 0 Å². The number of halogens is 1. The highest BCUT2D eigenvalue weighted by atomic mass is 35.5. The van der Waals surface area contributed by atoms with E-state index < -0.39 is 0 Å². The van der Waals surface area contributed by atoms with Gasteiger partial charge in [-0.25, -0.2) is 0 Å². The van der Waals surface area contributed by atoms with Crippen LogP contribution in [0.5, 0.6) is 11.5 Å². The summed E-state index contributed by atoms with van der Waals surface area (Å²) in [4.78, 5) is 11.7. The SMILES string of the molecule is COc1ccc(OCC(=O)NCCSCc2ccccc2Cl)cc1. The van der Waals surface area contributed by atoms with Crippen molar-refractivity contribution in [2.75, 3.05) is 26.0 Å². The average molecular weight is 366 g/mol. The molecule has 0 saturated heterocycles. The molecule has 0 atom stereocenters. The van der Waals surface area contributed by atoms with Gasteiger partial charge in [-0.05, 0) is 35.9 Å². The van der Waals surface area contributed by atoms with Crippen molar-refractivity contribution in [1.82, 2.24) is 5.32 Å². The van der Waals surface area contributed by atoms with Crippen LogP contribution in [0.1, 0.15) is 5.56 Å². The van der Waals surface area contributed by atoms with E-state index in [1.54, 1.807) is 43.1 Å². The van der Waals surface area contributed by atoms with Crippen LogP contribution in [0.2, 0.25) is 5.02 Å². The molecule has 0 fully saturated rings. The molecule has 0 heterocycles. The smallest absolute Gasteiger partial charge is 0.257 e. The molecule has 2 aromatic rings. The maximum absolute atomic E-state index is 11.7. The second kappa shape index (κ2) is 10.1. The summed E-state index contributed by atoms with van der Waals surface area (Å²) in [5, 5.41) is 3.61. The predicted molar refractivity (Wildman–Crippen MR) is 99.1 cm³/mol. The number of hydrogen-bond acceptors (Lipinski definition) is 4. The summed E-state index contributed by atoms with van der Waals surface area (Å²) in [6.07, 6.45) is 0. The average Bonchev–Trinajstić information content (AvgIpc) is 2.61. The van der Waals surface area contributed by atoms with Crippen LogP contribution in [0.15, 0.2) is 48.5 Å². The summed E-state index contributed by atoms with van der Waals surface area (Å²) in [7, 11) is 1.60. The van der Waals surface area contributed by atoms with E-state index in [-0.39, 0.29) is 12.5 Å². The number of ether oxygens (including phenoxy) is 2. The van der Waals surface area contributed by atoms with Crippen molar-refractivity contribution in [3.63, 3.8) is 0 Å². The summed E-state index contributed by atoms with van der Waals surface area (Å²) >= 11 is 7.83. The molecule has 6 heteroatoms. The number of nitrogens with one attached hydrogen (secondary N) is 1. The zero-order chi connectivity index (χ0) is 17.2. The lowest BCUT2D eigenvalue weighted by Crippen LogP contribution is -2.30. The molecule has 1 N–H and O–H groups in total. The lowest BCUT2D eigenvalue weighted by Gasteiger charge is -2.08. The van der Waals surface area contributed by atoms with Crippen LogP contribution >= 0.6 is 23.4 Å². The first-order valence-corrected chi connectivity index (χ1v) is 9.07. The molecule has 0 aromatic heterocycles. The Bertz CT molecular complexity index is 649. The fraction of sp³-hybridized carbons (Fsp3) is 0.278. The van der Waals surface area contributed by atoms with Gasteiger partial charge in [0.25, 0.3) is 5.91 Å². The summed E-state index contributed by atoms with van der Waals surface area (Å²) in [6, 6.07) is 14.9. The first kappa shape index (κ1) is 18.5. The number of methoxy groups -OCH3 is 1. The Labute approximate surface area is 151 Å². The van der Waals surface area contributed by atoms with Crippen LogP contribution in [0.25, 0.3) is 0 Å². The quantitative estimate of drug-likeness (QED) is 0.687. The Balaban J connectivity index is 1.58. The number of benzene rings is 2. The van der Waals surface area contributed by atoms with E-state index in [0.717, 1.165) is 27.8 Å². The lowest BCUT2D eigenvalue weighted by atomic mass is 10.2. The largest absolute Gasteiger partial charge is 0.497 e. The van der Waals surface area contributed by atoms with Crippen LogP contribution in [0.4, 0.5) is 0 Å². The first-order valence-electron chi connectivity index (χ1n) is 7.54. The Morgan fingerprint density at radius 3 is 2.54 bits per heavy atom. The Hall–Kier alpha value is -1.85. The molecule has 0 radical (unpaired) electrons. The summed E-state index contributed by atoms with van der Waals surface area (Å²) < 4.78 is 10.5. The normalized spacial score (nSPS) is 10.2. The summed E-state index contributed by atoms with van der Waals surface area (Å²) in [5.41, 5.74) is 1.11. The van der Waals surface area contributed by atoms with Gasteiger partial charge in [0, 0.05) is 23.1 Å². The van der Waals surface area contributed by atoms with E-state index in [4.69, 9.17) is 21.1 Å². The fourth-order valence-electron chi connectivity index (χ4n) is 1.93. The molecule has 0 aliphatic heterocycles. The Morgan fingerprint density at radius 2 is 1.83 bits per heavy atom. The van der Waals surface area contributed by atoms with Gasteiger partial charge in [-0.1, -0.05) is 29.8 Å². The van der Waals surface area contributed by atoms with Crippen molar-refractivity contribution >= 4 is 29.3 Å². The minimum atomic E-state index is -0.135. The second-order valence-corrected chi connectivity index (χ2v) is 6.47. The van der Waals surface area contributed by atoms with Crippen molar-refractivity contribution in [3.8, 4) is 11.5 Å². The number of carbonyl (C=O) groups is 1. The minimum absolute atomic E-state index is 0.00150. The van der Waals surface area contributed by atoms with Crippen LogP contribution in [-0.2, 0) is 10.5 Å². The van der Waals surface area contributed by atoms with Crippen molar-refractivity contribution in [2.45, 2.75) is 5.75 Å². The Morgan fingerprint density at radius 1 is 1.12 bits per heavy atom. The zero-order valence-corrected chi connectivity index (χ0v) is 15.0. The van der Waals surface area contributed by atoms with Crippen LogP contribution in [-0.4, -0.2) is 31.9 Å². The van der Waals surface area contributed by atoms with Gasteiger partial charge in [0.05, 0.1) is 7.11 Å². The van der Waals surface area contributed by atoms with E-state index in [1.165, 1.54) is 0 Å². The molecule has 0 aliphatic carbocycles. The van der Waals surface area contributed by atoms with Gasteiger partial charge >= 0.3 is 0 Å². The lowest BCUT2D eigenvalue weighted by molar-refractivity contribution is -0.122. The molecule has 4 nitrogen and oxygen atoms in total. The van der Waals surface area contributed by atoms with Crippen molar-refractivity contribution in [2.24, 2.45) is 0 Å². The van der Waals surface area contributed by atoms with Gasteiger partial charge in [0.2, 0.25) is 0 Å². The van der Waals surface area contributed by atoms with E-state index in [9.17, 15) is 4.79 Å². The molecule has 0 spiro atoms. The van der Waals surface area contributed by atoms with Crippen molar-refractivity contribution in [1.29, 1.82) is 0 Å². The third-order valence-electron chi connectivity index (χ3n) is 3.21. The first-order chi connectivity index (χ1) is 11.7. The molecule has 24 heavy (non-hydrogen) atoms. The van der Waals surface area contributed by atoms with Gasteiger partial charge < -0.3 is 14.8 Å². The van der Waals surface area contributed by atoms with Crippen molar-refractivity contribution in [3.05, 3.63) is 59.1 Å². The molecule has 1 amide bonds. The molecular weight excluding hydrogens is 346 g/mol. The fourth-order valence-corrected chi connectivity index (χ4v) is 3.08. The highest BCUT2D eigenvalue weighted by molar-refractivity contribution is 7.98. The molecular formula is C18H20ClNO3S. The van der Waals surface area contributed by atoms with Crippen molar-refractivity contribution < 1.29 is 14.3 Å². The third-order valence-corrected chi connectivity index (χ3v) is 4.59. The summed E-state index contributed by atoms with van der Waals surface area (Å²) in [5.74, 6) is 2.91. The minimum Gasteiger partial charge on any atom is -0.497 e. The maximum atomic E-state index is 11.7. The standard InChI is InChI=1S/C18H20ClNO3S/c1-22-15-6-8-16(9-7-15)23-12-18(21)20-10-11-24-13-14-4-2-3-5-17(14)19/h2-9H,10-13H2,1H3,(H,20,21). The number of amides is 1. The molecule has 0 bridgehead atoms. The zero-order valence-electron chi connectivity index (χ0n) is 13.5. The van der Waals surface area contributed by atoms with E-state index in [0.29, 0.717) is 12.3 Å². The van der Waals surface area contributed by atoms with Gasteiger partial charge in [0.1, 0.15) is 11.5 Å². The maximum Gasteiger partial charge on any atom is 0.257 e. The Kier molecular flexibility index (Phi) is 7.79. The summed E-state index contributed by atoms with van der Waals surface area (Å²) in [6.45, 7) is 0.599. The van der Waals surface area contributed by atoms with E-state index in [1.807, 2.05) is 24.3 Å². The van der Waals surface area contributed by atoms with Gasteiger partial charge in [-0.3, -0.25) is 4.79 Å². The molecule has 2 aromatic carbocycles. The number of carbonyl (C=O) groups excluding carboxylic acids is 1.